The highest BCUT2D eigenvalue weighted by Crippen LogP contribution is 2.34. The van der Waals surface area contributed by atoms with Gasteiger partial charge in [0.25, 0.3) is 0 Å². The molecular formula is C40H75NO. The van der Waals surface area contributed by atoms with Gasteiger partial charge in [-0.1, -0.05) is 152 Å². The van der Waals surface area contributed by atoms with Crippen molar-refractivity contribution in [1.29, 1.82) is 0 Å². The maximum absolute atomic E-state index is 10.3. The fraction of sp³-hybridized carbons (Fsp3) is 0.800. The summed E-state index contributed by atoms with van der Waals surface area (Å²) in [5.41, 5.74) is 6.05. The second-order valence-corrected chi connectivity index (χ2v) is 12.9. The summed E-state index contributed by atoms with van der Waals surface area (Å²) in [6.07, 6.45) is 52.9. The van der Waals surface area contributed by atoms with E-state index in [1.165, 1.54) is 141 Å². The SMILES string of the molecule is CCCCCC=CCC=CCCCCCCCCC(CO)(CCN)CCCCCCCCC=CCC=CCCCCC. The van der Waals surface area contributed by atoms with E-state index in [2.05, 4.69) is 62.5 Å². The van der Waals surface area contributed by atoms with Crippen LogP contribution in [0, 0.1) is 5.41 Å². The van der Waals surface area contributed by atoms with Gasteiger partial charge in [-0.15, -0.1) is 0 Å². The largest absolute Gasteiger partial charge is 0.396 e. The van der Waals surface area contributed by atoms with E-state index >= 15 is 0 Å². The van der Waals surface area contributed by atoms with Gasteiger partial charge in [0.05, 0.1) is 0 Å². The predicted octanol–water partition coefficient (Wildman–Crippen LogP) is 12.7. The van der Waals surface area contributed by atoms with Crippen molar-refractivity contribution in [3.63, 3.8) is 0 Å². The molecular weight excluding hydrogens is 510 g/mol. The quantitative estimate of drug-likeness (QED) is 0.0594. The van der Waals surface area contributed by atoms with E-state index in [1.54, 1.807) is 0 Å². The lowest BCUT2D eigenvalue weighted by Gasteiger charge is -2.32. The predicted molar refractivity (Wildman–Crippen MR) is 191 cm³/mol. The third kappa shape index (κ3) is 29.0. The summed E-state index contributed by atoms with van der Waals surface area (Å²) in [6, 6.07) is 0. The molecule has 0 aliphatic carbocycles. The van der Waals surface area contributed by atoms with E-state index < -0.39 is 0 Å². The Morgan fingerprint density at radius 2 is 0.762 bits per heavy atom. The minimum Gasteiger partial charge on any atom is -0.396 e. The van der Waals surface area contributed by atoms with Crippen molar-refractivity contribution >= 4 is 0 Å². The molecule has 0 aliphatic rings. The topological polar surface area (TPSA) is 46.2 Å². The van der Waals surface area contributed by atoms with Gasteiger partial charge in [-0.2, -0.15) is 0 Å². The van der Waals surface area contributed by atoms with Gasteiger partial charge in [0.15, 0.2) is 0 Å². The first-order valence-electron chi connectivity index (χ1n) is 18.7. The third-order valence-electron chi connectivity index (χ3n) is 8.83. The van der Waals surface area contributed by atoms with Crippen molar-refractivity contribution in [3.8, 4) is 0 Å². The molecule has 0 radical (unpaired) electrons. The van der Waals surface area contributed by atoms with E-state index in [1.807, 2.05) is 0 Å². The molecule has 0 aromatic rings. The van der Waals surface area contributed by atoms with Crippen molar-refractivity contribution in [2.75, 3.05) is 13.2 Å². The summed E-state index contributed by atoms with van der Waals surface area (Å²) in [7, 11) is 0. The molecule has 0 bridgehead atoms. The molecule has 0 unspecified atom stereocenters. The standard InChI is InChI=1S/C40H75NO/c1-3-5-7-9-11-13-15-17-19-21-23-25-27-29-31-33-35-40(39-42,37-38-41)36-34-32-30-28-26-24-22-20-18-16-14-12-10-8-6-4-2/h11-14,17-20,42H,3-10,15-16,21-39,41H2,1-2H3. The van der Waals surface area contributed by atoms with Gasteiger partial charge >= 0.3 is 0 Å². The Balaban J connectivity index is 3.78. The molecule has 2 heteroatoms. The highest BCUT2D eigenvalue weighted by molar-refractivity contribution is 4.93. The molecule has 246 valence electrons. The lowest BCUT2D eigenvalue weighted by molar-refractivity contribution is 0.0911. The fourth-order valence-electron chi connectivity index (χ4n) is 5.89. The number of aliphatic hydroxyl groups excluding tert-OH is 1. The van der Waals surface area contributed by atoms with Crippen LogP contribution in [0.4, 0.5) is 0 Å². The number of aliphatic hydroxyl groups is 1. The van der Waals surface area contributed by atoms with Crippen LogP contribution in [-0.2, 0) is 0 Å². The summed E-state index contributed by atoms with van der Waals surface area (Å²) < 4.78 is 0. The molecule has 0 aromatic carbocycles. The molecule has 0 saturated carbocycles. The number of allylic oxidation sites excluding steroid dienone is 8. The average molecular weight is 586 g/mol. The molecule has 0 amide bonds. The van der Waals surface area contributed by atoms with Crippen molar-refractivity contribution in [2.24, 2.45) is 11.1 Å². The van der Waals surface area contributed by atoms with Crippen LogP contribution in [0.5, 0.6) is 0 Å². The summed E-state index contributed by atoms with van der Waals surface area (Å²) in [6.45, 7) is 5.53. The highest BCUT2D eigenvalue weighted by atomic mass is 16.3. The summed E-state index contributed by atoms with van der Waals surface area (Å²) >= 11 is 0. The highest BCUT2D eigenvalue weighted by Gasteiger charge is 2.27. The van der Waals surface area contributed by atoms with Crippen LogP contribution in [0.3, 0.4) is 0 Å². The van der Waals surface area contributed by atoms with Crippen LogP contribution in [0.2, 0.25) is 0 Å². The van der Waals surface area contributed by atoms with Crippen molar-refractivity contribution in [2.45, 2.75) is 187 Å². The zero-order valence-electron chi connectivity index (χ0n) is 28.6. The van der Waals surface area contributed by atoms with Gasteiger partial charge in [-0.25, -0.2) is 0 Å². The Bertz CT molecular complexity index is 584. The monoisotopic (exact) mass is 586 g/mol. The van der Waals surface area contributed by atoms with Gasteiger partial charge < -0.3 is 10.8 Å². The molecule has 0 heterocycles. The smallest absolute Gasteiger partial charge is 0.0487 e. The Kier molecular flexibility index (Phi) is 33.5. The number of hydrogen-bond donors (Lipinski definition) is 2. The second kappa shape index (κ2) is 34.4. The zero-order chi connectivity index (χ0) is 30.7. The molecule has 0 rings (SSSR count). The van der Waals surface area contributed by atoms with Crippen molar-refractivity contribution in [3.05, 3.63) is 48.6 Å². The zero-order valence-corrected chi connectivity index (χ0v) is 28.6. The van der Waals surface area contributed by atoms with Crippen molar-refractivity contribution in [1.82, 2.24) is 0 Å². The Labute approximate surface area is 264 Å². The van der Waals surface area contributed by atoms with Gasteiger partial charge in [0.1, 0.15) is 0 Å². The molecule has 0 aliphatic heterocycles. The minimum atomic E-state index is 0.0687. The molecule has 0 atom stereocenters. The maximum atomic E-state index is 10.3. The molecule has 0 saturated heterocycles. The number of rotatable bonds is 33. The Morgan fingerprint density at radius 3 is 1.10 bits per heavy atom. The van der Waals surface area contributed by atoms with Crippen LogP contribution in [0.1, 0.15) is 187 Å². The van der Waals surface area contributed by atoms with Gasteiger partial charge in [0, 0.05) is 6.61 Å². The van der Waals surface area contributed by atoms with E-state index in [0.717, 1.165) is 32.1 Å². The number of nitrogens with two attached hydrogens (primary N) is 1. The van der Waals surface area contributed by atoms with Gasteiger partial charge in [-0.05, 0) is 95.4 Å². The van der Waals surface area contributed by atoms with E-state index in [4.69, 9.17) is 5.73 Å². The van der Waals surface area contributed by atoms with Crippen molar-refractivity contribution < 1.29 is 5.11 Å². The number of unbranched alkanes of at least 4 members (excludes halogenated alkanes) is 18. The molecule has 0 fully saturated rings. The van der Waals surface area contributed by atoms with Crippen LogP contribution in [0.25, 0.3) is 0 Å². The lowest BCUT2D eigenvalue weighted by atomic mass is 9.76. The Morgan fingerprint density at radius 1 is 0.429 bits per heavy atom. The van der Waals surface area contributed by atoms with E-state index in [9.17, 15) is 5.11 Å². The first-order chi connectivity index (χ1) is 20.7. The van der Waals surface area contributed by atoms with E-state index in [0.29, 0.717) is 13.2 Å². The second-order valence-electron chi connectivity index (χ2n) is 12.9. The first-order valence-corrected chi connectivity index (χ1v) is 18.7. The normalized spacial score (nSPS) is 13.9. The van der Waals surface area contributed by atoms with Crippen LogP contribution < -0.4 is 5.73 Å². The van der Waals surface area contributed by atoms with Crippen LogP contribution in [-0.4, -0.2) is 18.3 Å². The van der Waals surface area contributed by atoms with Crippen LogP contribution >= 0.6 is 0 Å². The first kappa shape index (κ1) is 40.9. The molecule has 3 N–H and O–H groups in total. The number of hydrogen-bond acceptors (Lipinski definition) is 2. The van der Waals surface area contributed by atoms with Gasteiger partial charge in [-0.3, -0.25) is 0 Å². The molecule has 42 heavy (non-hydrogen) atoms. The van der Waals surface area contributed by atoms with E-state index in [-0.39, 0.29) is 5.41 Å². The van der Waals surface area contributed by atoms with Crippen LogP contribution in [0.15, 0.2) is 48.6 Å². The molecule has 0 spiro atoms. The summed E-state index contributed by atoms with van der Waals surface area (Å²) in [5.74, 6) is 0. The summed E-state index contributed by atoms with van der Waals surface area (Å²) in [4.78, 5) is 0. The molecule has 2 nitrogen and oxygen atoms in total. The average Bonchev–Trinajstić information content (AvgIpc) is 3.00. The summed E-state index contributed by atoms with van der Waals surface area (Å²) in [5, 5.41) is 10.3. The molecule has 0 aromatic heterocycles. The Hall–Kier alpha value is -1.12. The van der Waals surface area contributed by atoms with Gasteiger partial charge in [0.2, 0.25) is 0 Å². The lowest BCUT2D eigenvalue weighted by Crippen LogP contribution is -2.28. The maximum Gasteiger partial charge on any atom is 0.0487 e. The fourth-order valence-corrected chi connectivity index (χ4v) is 5.89. The third-order valence-corrected chi connectivity index (χ3v) is 8.83. The minimum absolute atomic E-state index is 0.0687.